The van der Waals surface area contributed by atoms with Gasteiger partial charge in [0.25, 0.3) is 5.91 Å². The maximum absolute atomic E-state index is 12.9. The summed E-state index contributed by atoms with van der Waals surface area (Å²) in [4.78, 5) is 38.1. The van der Waals surface area contributed by atoms with Gasteiger partial charge in [-0.1, -0.05) is 18.2 Å². The van der Waals surface area contributed by atoms with Crippen LogP contribution in [-0.4, -0.2) is 48.1 Å². The maximum Gasteiger partial charge on any atom is 0.319 e. The van der Waals surface area contributed by atoms with Crippen molar-refractivity contribution in [2.45, 2.75) is 17.1 Å². The minimum Gasteiger partial charge on any atom is -0.455 e. The summed E-state index contributed by atoms with van der Waals surface area (Å²) in [6, 6.07) is 14.7. The predicted molar refractivity (Wildman–Crippen MR) is 105 cm³/mol. The van der Waals surface area contributed by atoms with E-state index < -0.39 is 35.5 Å². The molecule has 2 amide bonds. The first-order chi connectivity index (χ1) is 13.3. The molecule has 0 radical (unpaired) electrons. The molecule has 0 aromatic heterocycles. The summed E-state index contributed by atoms with van der Waals surface area (Å²) in [5, 5.41) is 2.08. The fraction of sp³-hybridized carbons (Fsp3) is 0.250. The van der Waals surface area contributed by atoms with Crippen molar-refractivity contribution in [1.29, 1.82) is 0 Å². The van der Waals surface area contributed by atoms with Crippen LogP contribution in [-0.2, 0) is 19.1 Å². The van der Waals surface area contributed by atoms with Crippen molar-refractivity contribution in [1.82, 2.24) is 4.90 Å². The Labute approximate surface area is 167 Å². The van der Waals surface area contributed by atoms with Gasteiger partial charge in [-0.3, -0.25) is 14.4 Å². The van der Waals surface area contributed by atoms with Gasteiger partial charge >= 0.3 is 5.97 Å². The number of anilines is 1. The normalized spacial score (nSPS) is 11.4. The van der Waals surface area contributed by atoms with Gasteiger partial charge in [0.05, 0.1) is 6.54 Å². The average molecular weight is 404 g/mol. The molecule has 0 spiro atoms. The molecule has 1 atom stereocenters. The molecule has 0 heterocycles. The van der Waals surface area contributed by atoms with Crippen molar-refractivity contribution in [3.8, 4) is 0 Å². The van der Waals surface area contributed by atoms with Gasteiger partial charge in [-0.2, -0.15) is 0 Å². The first-order valence-electron chi connectivity index (χ1n) is 8.53. The molecule has 0 aliphatic heterocycles. The summed E-state index contributed by atoms with van der Waals surface area (Å²) in [6.07, 6.45) is 0. The van der Waals surface area contributed by atoms with E-state index in [4.69, 9.17) is 4.74 Å². The third-order valence-electron chi connectivity index (χ3n) is 3.66. The van der Waals surface area contributed by atoms with Crippen molar-refractivity contribution in [3.63, 3.8) is 0 Å². The zero-order chi connectivity index (χ0) is 20.5. The Kier molecular flexibility index (Phi) is 8.01. The summed E-state index contributed by atoms with van der Waals surface area (Å²) < 4.78 is 17.9. The number of amides is 2. The SMILES string of the molecule is C[C@H](Sc1ccccc1)C(=O)OCC(=O)N(C)CC(=O)Nc1ccc(F)cc1. The van der Waals surface area contributed by atoms with E-state index in [0.717, 1.165) is 9.80 Å². The first-order valence-corrected chi connectivity index (χ1v) is 9.41. The number of esters is 1. The molecule has 28 heavy (non-hydrogen) atoms. The third kappa shape index (κ3) is 7.03. The van der Waals surface area contributed by atoms with E-state index >= 15 is 0 Å². The predicted octanol–water partition coefficient (Wildman–Crippen LogP) is 2.95. The Morgan fingerprint density at radius 3 is 2.39 bits per heavy atom. The fourth-order valence-electron chi connectivity index (χ4n) is 2.15. The molecule has 0 saturated carbocycles. The summed E-state index contributed by atoms with van der Waals surface area (Å²) in [5.74, 6) is -1.86. The lowest BCUT2D eigenvalue weighted by atomic mass is 10.3. The molecule has 0 saturated heterocycles. The second-order valence-corrected chi connectivity index (χ2v) is 7.40. The van der Waals surface area contributed by atoms with Crippen LogP contribution in [0, 0.1) is 5.82 Å². The highest BCUT2D eigenvalue weighted by atomic mass is 32.2. The fourth-order valence-corrected chi connectivity index (χ4v) is 3.04. The number of nitrogens with zero attached hydrogens (tertiary/aromatic N) is 1. The Balaban J connectivity index is 1.74. The number of carbonyl (C=O) groups excluding carboxylic acids is 3. The highest BCUT2D eigenvalue weighted by molar-refractivity contribution is 8.00. The number of ether oxygens (including phenoxy) is 1. The Morgan fingerprint density at radius 2 is 1.75 bits per heavy atom. The summed E-state index contributed by atoms with van der Waals surface area (Å²) in [7, 11) is 1.43. The van der Waals surface area contributed by atoms with Crippen LogP contribution in [0.15, 0.2) is 59.5 Å². The zero-order valence-corrected chi connectivity index (χ0v) is 16.4. The smallest absolute Gasteiger partial charge is 0.319 e. The third-order valence-corrected chi connectivity index (χ3v) is 4.75. The van der Waals surface area contributed by atoms with Crippen molar-refractivity contribution in [2.24, 2.45) is 0 Å². The standard InChI is InChI=1S/C20H21FN2O4S/c1-14(28-17-6-4-3-5-7-17)20(26)27-13-19(25)23(2)12-18(24)22-16-10-8-15(21)9-11-16/h3-11,14H,12-13H2,1-2H3,(H,22,24)/t14-/m0/s1. The van der Waals surface area contributed by atoms with Crippen LogP contribution in [0.25, 0.3) is 0 Å². The van der Waals surface area contributed by atoms with E-state index in [-0.39, 0.29) is 6.54 Å². The van der Waals surface area contributed by atoms with Crippen molar-refractivity contribution < 1.29 is 23.5 Å². The molecule has 0 aliphatic carbocycles. The van der Waals surface area contributed by atoms with Crippen LogP contribution in [0.1, 0.15) is 6.92 Å². The monoisotopic (exact) mass is 404 g/mol. The number of thioether (sulfide) groups is 1. The van der Waals surface area contributed by atoms with Crippen LogP contribution in [0.4, 0.5) is 10.1 Å². The van der Waals surface area contributed by atoms with E-state index in [0.29, 0.717) is 5.69 Å². The van der Waals surface area contributed by atoms with Crippen LogP contribution in [0.5, 0.6) is 0 Å². The Hall–Kier alpha value is -2.87. The molecule has 2 aromatic rings. The maximum atomic E-state index is 12.9. The summed E-state index contributed by atoms with van der Waals surface area (Å²) in [5.41, 5.74) is 0.422. The van der Waals surface area contributed by atoms with Crippen molar-refractivity contribution in [2.75, 3.05) is 25.5 Å². The molecule has 2 aromatic carbocycles. The van der Waals surface area contributed by atoms with E-state index in [9.17, 15) is 18.8 Å². The molecule has 8 heteroatoms. The van der Waals surface area contributed by atoms with Gasteiger partial charge in [0.1, 0.15) is 11.1 Å². The number of likely N-dealkylation sites (N-methyl/N-ethyl adjacent to an activating group) is 1. The number of rotatable bonds is 8. The van der Waals surface area contributed by atoms with Crippen molar-refractivity contribution in [3.05, 3.63) is 60.4 Å². The lowest BCUT2D eigenvalue weighted by Crippen LogP contribution is -2.38. The van der Waals surface area contributed by atoms with Crippen LogP contribution >= 0.6 is 11.8 Å². The molecule has 0 bridgehead atoms. The van der Waals surface area contributed by atoms with Crippen molar-refractivity contribution >= 4 is 35.2 Å². The number of hydrogen-bond donors (Lipinski definition) is 1. The van der Waals surface area contributed by atoms with E-state index in [1.807, 2.05) is 30.3 Å². The molecule has 148 valence electrons. The molecule has 0 fully saturated rings. The van der Waals surface area contributed by atoms with Gasteiger partial charge in [0, 0.05) is 17.6 Å². The summed E-state index contributed by atoms with van der Waals surface area (Å²) >= 11 is 1.33. The summed E-state index contributed by atoms with van der Waals surface area (Å²) in [6.45, 7) is 1.03. The molecular weight excluding hydrogens is 383 g/mol. The second-order valence-electron chi connectivity index (χ2n) is 5.99. The van der Waals surface area contributed by atoms with Crippen LogP contribution < -0.4 is 5.32 Å². The van der Waals surface area contributed by atoms with Crippen LogP contribution in [0.3, 0.4) is 0 Å². The highest BCUT2D eigenvalue weighted by Gasteiger charge is 2.19. The number of benzene rings is 2. The highest BCUT2D eigenvalue weighted by Crippen LogP contribution is 2.23. The molecule has 2 rings (SSSR count). The van der Waals surface area contributed by atoms with Gasteiger partial charge in [-0.05, 0) is 43.3 Å². The molecule has 0 unspecified atom stereocenters. The lowest BCUT2D eigenvalue weighted by Gasteiger charge is -2.17. The quantitative estimate of drug-likeness (QED) is 0.541. The molecular formula is C20H21FN2O4S. The number of hydrogen-bond acceptors (Lipinski definition) is 5. The number of nitrogens with one attached hydrogen (secondary N) is 1. The van der Waals surface area contributed by atoms with E-state index in [1.54, 1.807) is 6.92 Å². The van der Waals surface area contributed by atoms with Gasteiger partial charge in [-0.25, -0.2) is 4.39 Å². The zero-order valence-electron chi connectivity index (χ0n) is 15.6. The number of halogens is 1. The first kappa shape index (κ1) is 21.4. The van der Waals surface area contributed by atoms with Crippen LogP contribution in [0.2, 0.25) is 0 Å². The van der Waals surface area contributed by atoms with E-state index in [2.05, 4.69) is 5.32 Å². The van der Waals surface area contributed by atoms with Gasteiger partial charge in [-0.15, -0.1) is 11.8 Å². The van der Waals surface area contributed by atoms with Gasteiger partial charge in [0.15, 0.2) is 6.61 Å². The number of carbonyl (C=O) groups is 3. The average Bonchev–Trinajstić information content (AvgIpc) is 2.68. The molecule has 1 N–H and O–H groups in total. The minimum absolute atomic E-state index is 0.220. The Morgan fingerprint density at radius 1 is 1.11 bits per heavy atom. The topological polar surface area (TPSA) is 75.7 Å². The molecule has 0 aliphatic rings. The Bertz CT molecular complexity index is 815. The van der Waals surface area contributed by atoms with Gasteiger partial charge in [0.2, 0.25) is 5.91 Å². The largest absolute Gasteiger partial charge is 0.455 e. The molecule has 6 nitrogen and oxygen atoms in total. The minimum atomic E-state index is -0.508. The second kappa shape index (κ2) is 10.5. The van der Waals surface area contributed by atoms with Gasteiger partial charge < -0.3 is 15.0 Å². The lowest BCUT2D eigenvalue weighted by molar-refractivity contribution is -0.151. The van der Waals surface area contributed by atoms with E-state index in [1.165, 1.54) is 43.1 Å².